The molecule has 76 valence electrons. The fourth-order valence-electron chi connectivity index (χ4n) is 0.817. The van der Waals surface area contributed by atoms with E-state index in [1.165, 1.54) is 7.05 Å². The third-order valence-electron chi connectivity index (χ3n) is 1.51. The molecule has 6 heteroatoms. The van der Waals surface area contributed by atoms with Gasteiger partial charge in [-0.25, -0.2) is 9.18 Å². The van der Waals surface area contributed by atoms with Crippen LogP contribution in [-0.2, 0) is 0 Å². The molecule has 1 rings (SSSR count). The Morgan fingerprint density at radius 1 is 1.57 bits per heavy atom. The number of nitrogens with one attached hydrogen (secondary N) is 2. The molecule has 4 nitrogen and oxygen atoms in total. The molecule has 3 N–H and O–H groups in total. The molecule has 0 heterocycles. The molecule has 0 aliphatic rings. The van der Waals surface area contributed by atoms with Gasteiger partial charge in [0.1, 0.15) is 5.75 Å². The van der Waals surface area contributed by atoms with E-state index in [9.17, 15) is 9.18 Å². The third-order valence-corrected chi connectivity index (χ3v) is 1.81. The number of hydrogen-bond acceptors (Lipinski definition) is 2. The summed E-state index contributed by atoms with van der Waals surface area (Å²) in [5.41, 5.74) is -0.0906. The topological polar surface area (TPSA) is 61.4 Å². The van der Waals surface area contributed by atoms with Gasteiger partial charge in [0.05, 0.1) is 10.7 Å². The highest BCUT2D eigenvalue weighted by molar-refractivity contribution is 6.32. The highest BCUT2D eigenvalue weighted by Crippen LogP contribution is 2.28. The first-order chi connectivity index (χ1) is 6.54. The first kappa shape index (κ1) is 10.6. The van der Waals surface area contributed by atoms with Gasteiger partial charge in [-0.3, -0.25) is 0 Å². The number of phenolic OH excluding ortho intramolecular Hbond substituents is 1. The summed E-state index contributed by atoms with van der Waals surface area (Å²) in [4.78, 5) is 10.8. The molecule has 1 aromatic carbocycles. The zero-order chi connectivity index (χ0) is 10.7. The number of phenols is 1. The van der Waals surface area contributed by atoms with E-state index in [-0.39, 0.29) is 16.5 Å². The molecule has 0 aliphatic carbocycles. The predicted molar refractivity (Wildman–Crippen MR) is 51.2 cm³/mol. The highest BCUT2D eigenvalue weighted by atomic mass is 35.5. The largest absolute Gasteiger partial charge is 0.506 e. The van der Waals surface area contributed by atoms with E-state index in [4.69, 9.17) is 16.7 Å². The lowest BCUT2D eigenvalue weighted by atomic mass is 10.3. The van der Waals surface area contributed by atoms with Crippen molar-refractivity contribution in [2.75, 3.05) is 12.4 Å². The number of rotatable bonds is 1. The van der Waals surface area contributed by atoms with E-state index in [1.54, 1.807) is 0 Å². The summed E-state index contributed by atoms with van der Waals surface area (Å²) in [6.45, 7) is 0. The van der Waals surface area contributed by atoms with Gasteiger partial charge < -0.3 is 15.7 Å². The van der Waals surface area contributed by atoms with Crippen LogP contribution in [0.3, 0.4) is 0 Å². The number of anilines is 1. The Morgan fingerprint density at radius 2 is 2.21 bits per heavy atom. The average molecular weight is 219 g/mol. The van der Waals surface area contributed by atoms with Gasteiger partial charge in [0.15, 0.2) is 5.82 Å². The molecule has 0 saturated heterocycles. The molecule has 0 atom stereocenters. The molecule has 0 unspecified atom stereocenters. The van der Waals surface area contributed by atoms with Crippen LogP contribution in [0.4, 0.5) is 14.9 Å². The molecule has 0 spiro atoms. The summed E-state index contributed by atoms with van der Waals surface area (Å²) >= 11 is 5.52. The fraction of sp³-hybridized carbons (Fsp3) is 0.125. The van der Waals surface area contributed by atoms with Crippen LogP contribution in [0.1, 0.15) is 0 Å². The summed E-state index contributed by atoms with van der Waals surface area (Å²) in [6.07, 6.45) is 0. The molecule has 0 radical (unpaired) electrons. The summed E-state index contributed by atoms with van der Waals surface area (Å²) in [6, 6.07) is 1.39. The van der Waals surface area contributed by atoms with Crippen LogP contribution >= 0.6 is 11.6 Å². The van der Waals surface area contributed by atoms with Crippen LogP contribution in [0.2, 0.25) is 5.02 Å². The Balaban J connectivity index is 2.98. The summed E-state index contributed by atoms with van der Waals surface area (Å²) in [7, 11) is 1.40. The Kier molecular flexibility index (Phi) is 3.14. The van der Waals surface area contributed by atoms with E-state index in [0.29, 0.717) is 0 Å². The van der Waals surface area contributed by atoms with E-state index in [1.807, 2.05) is 0 Å². The van der Waals surface area contributed by atoms with Crippen molar-refractivity contribution >= 4 is 23.3 Å². The van der Waals surface area contributed by atoms with E-state index in [0.717, 1.165) is 12.1 Å². The van der Waals surface area contributed by atoms with E-state index in [2.05, 4.69) is 10.6 Å². The smallest absolute Gasteiger partial charge is 0.319 e. The molecule has 0 bridgehead atoms. The van der Waals surface area contributed by atoms with Crippen molar-refractivity contribution in [3.05, 3.63) is 23.0 Å². The number of hydrogen-bond donors (Lipinski definition) is 3. The Labute approximate surface area is 84.7 Å². The van der Waals surface area contributed by atoms with Crippen molar-refractivity contribution in [1.29, 1.82) is 0 Å². The average Bonchev–Trinajstić information content (AvgIpc) is 2.14. The van der Waals surface area contributed by atoms with Crippen LogP contribution in [0.25, 0.3) is 0 Å². The molecule has 14 heavy (non-hydrogen) atoms. The molecule has 0 saturated carbocycles. The van der Waals surface area contributed by atoms with Crippen LogP contribution in [0, 0.1) is 5.82 Å². The zero-order valence-corrected chi connectivity index (χ0v) is 8.02. The van der Waals surface area contributed by atoms with Gasteiger partial charge in [-0.05, 0) is 6.07 Å². The van der Waals surface area contributed by atoms with Crippen molar-refractivity contribution in [1.82, 2.24) is 5.32 Å². The maximum absolute atomic E-state index is 13.1. The molecule has 0 aromatic heterocycles. The number of halogens is 2. The second-order valence-electron chi connectivity index (χ2n) is 2.49. The van der Waals surface area contributed by atoms with Crippen LogP contribution in [0.5, 0.6) is 5.75 Å². The number of aromatic hydroxyl groups is 1. The lowest BCUT2D eigenvalue weighted by molar-refractivity contribution is 0.254. The molecule has 2 amide bonds. The SMILES string of the molecule is CNC(=O)Nc1cc(Cl)c(O)cc1F. The normalized spacial score (nSPS) is 9.64. The quantitative estimate of drug-likeness (QED) is 0.631. The van der Waals surface area contributed by atoms with E-state index < -0.39 is 11.8 Å². The maximum atomic E-state index is 13.1. The number of benzene rings is 1. The lowest BCUT2D eigenvalue weighted by Crippen LogP contribution is -2.24. The van der Waals surface area contributed by atoms with Gasteiger partial charge >= 0.3 is 6.03 Å². The molecular weight excluding hydrogens is 211 g/mol. The standard InChI is InChI=1S/C8H8ClFN2O2/c1-11-8(14)12-6-2-4(9)7(13)3-5(6)10/h2-3,13H,1H3,(H2,11,12,14). The highest BCUT2D eigenvalue weighted by Gasteiger charge is 2.09. The predicted octanol–water partition coefficient (Wildman–Crippen LogP) is 1.94. The third kappa shape index (κ3) is 2.26. The molecule has 1 aromatic rings. The summed E-state index contributed by atoms with van der Waals surface area (Å²) in [5.74, 6) is -1.12. The van der Waals surface area contributed by atoms with Crippen molar-refractivity contribution in [2.45, 2.75) is 0 Å². The Hall–Kier alpha value is -1.49. The Bertz CT molecular complexity index is 371. The summed E-state index contributed by atoms with van der Waals surface area (Å²) in [5, 5.41) is 13.4. The minimum Gasteiger partial charge on any atom is -0.506 e. The van der Waals surface area contributed by atoms with Crippen molar-refractivity contribution in [3.63, 3.8) is 0 Å². The van der Waals surface area contributed by atoms with Crippen LogP contribution in [0.15, 0.2) is 12.1 Å². The van der Waals surface area contributed by atoms with E-state index >= 15 is 0 Å². The van der Waals surface area contributed by atoms with Gasteiger partial charge in [0.2, 0.25) is 0 Å². The van der Waals surface area contributed by atoms with Gasteiger partial charge in [-0.2, -0.15) is 0 Å². The second-order valence-corrected chi connectivity index (χ2v) is 2.89. The van der Waals surface area contributed by atoms with Gasteiger partial charge in [0, 0.05) is 13.1 Å². The Morgan fingerprint density at radius 3 is 2.79 bits per heavy atom. The van der Waals surface area contributed by atoms with Crippen LogP contribution in [-0.4, -0.2) is 18.2 Å². The van der Waals surface area contributed by atoms with Gasteiger partial charge in [-0.1, -0.05) is 11.6 Å². The minimum absolute atomic E-state index is 0.0298. The van der Waals surface area contributed by atoms with Crippen molar-refractivity contribution < 1.29 is 14.3 Å². The first-order valence-electron chi connectivity index (χ1n) is 3.71. The number of carbonyl (C=O) groups excluding carboxylic acids is 1. The molecule has 0 aliphatic heterocycles. The first-order valence-corrected chi connectivity index (χ1v) is 4.09. The number of amides is 2. The van der Waals surface area contributed by atoms with Gasteiger partial charge in [0.25, 0.3) is 0 Å². The maximum Gasteiger partial charge on any atom is 0.319 e. The van der Waals surface area contributed by atoms with Gasteiger partial charge in [-0.15, -0.1) is 0 Å². The van der Waals surface area contributed by atoms with Crippen molar-refractivity contribution in [3.8, 4) is 5.75 Å². The monoisotopic (exact) mass is 218 g/mol. The molecular formula is C8H8ClFN2O2. The fourth-order valence-corrected chi connectivity index (χ4v) is 0.981. The van der Waals surface area contributed by atoms with Crippen LogP contribution < -0.4 is 10.6 Å². The number of carbonyl (C=O) groups is 1. The molecule has 0 fully saturated rings. The lowest BCUT2D eigenvalue weighted by Gasteiger charge is -2.06. The zero-order valence-electron chi connectivity index (χ0n) is 7.27. The summed E-state index contributed by atoms with van der Waals surface area (Å²) < 4.78 is 13.1. The minimum atomic E-state index is -0.754. The number of urea groups is 1. The second kappa shape index (κ2) is 4.15. The van der Waals surface area contributed by atoms with Crippen molar-refractivity contribution in [2.24, 2.45) is 0 Å².